The molecule has 2 aromatic heterocycles. The Morgan fingerprint density at radius 3 is 2.85 bits per heavy atom. The molecule has 0 unspecified atom stereocenters. The van der Waals surface area contributed by atoms with Crippen LogP contribution in [0.1, 0.15) is 47.0 Å². The molecule has 0 fully saturated rings. The molecule has 9 nitrogen and oxygen atoms in total. The number of ether oxygens (including phenoxy) is 1. The molecule has 2 heterocycles. The summed E-state index contributed by atoms with van der Waals surface area (Å²) in [7, 11) is 0. The summed E-state index contributed by atoms with van der Waals surface area (Å²) in [4.78, 5) is 36.0. The number of fused-ring (bicyclic) bond motifs is 1. The van der Waals surface area contributed by atoms with E-state index in [2.05, 4.69) is 10.4 Å². The molecular weight excluding hydrogens is 372 g/mol. The number of hydrogen-bond donors (Lipinski definition) is 1. The summed E-state index contributed by atoms with van der Waals surface area (Å²) < 4.78 is 6.38. The summed E-state index contributed by atoms with van der Waals surface area (Å²) >= 11 is 1.41. The van der Waals surface area contributed by atoms with Crippen molar-refractivity contribution in [3.63, 3.8) is 0 Å². The van der Waals surface area contributed by atoms with Crippen LogP contribution in [0.2, 0.25) is 0 Å². The molecule has 1 N–H and O–H groups in total. The highest BCUT2D eigenvalue weighted by Crippen LogP contribution is 2.38. The van der Waals surface area contributed by atoms with E-state index in [1.165, 1.54) is 28.3 Å². The van der Waals surface area contributed by atoms with Crippen LogP contribution in [-0.2, 0) is 28.9 Å². The number of hydrogen-bond acceptors (Lipinski definition) is 7. The molecular formula is C17H20N4O5S. The predicted octanol–water partition coefficient (Wildman–Crippen LogP) is 2.94. The number of carbonyl (C=O) groups is 2. The van der Waals surface area contributed by atoms with Gasteiger partial charge < -0.3 is 20.2 Å². The minimum atomic E-state index is -0.621. The molecule has 0 bridgehead atoms. The number of nitrogens with one attached hydrogen (secondary N) is 1. The zero-order valence-electron chi connectivity index (χ0n) is 14.9. The Hall–Kier alpha value is -2.75. The molecule has 27 heavy (non-hydrogen) atoms. The number of esters is 1. The van der Waals surface area contributed by atoms with Crippen LogP contribution >= 0.6 is 11.3 Å². The summed E-state index contributed by atoms with van der Waals surface area (Å²) in [5, 5.41) is 17.7. The molecule has 0 aliphatic heterocycles. The minimum Gasteiger partial charge on any atom is -0.462 e. The van der Waals surface area contributed by atoms with Crippen molar-refractivity contribution in [1.82, 2.24) is 9.78 Å². The van der Waals surface area contributed by atoms with Gasteiger partial charge in [-0.25, -0.2) is 4.79 Å². The molecule has 0 atom stereocenters. The van der Waals surface area contributed by atoms with Gasteiger partial charge in [0.15, 0.2) is 0 Å². The summed E-state index contributed by atoms with van der Waals surface area (Å²) in [6, 6.07) is 1.23. The monoisotopic (exact) mass is 392 g/mol. The van der Waals surface area contributed by atoms with Crippen molar-refractivity contribution in [2.24, 2.45) is 0 Å². The first kappa shape index (κ1) is 19.0. The van der Waals surface area contributed by atoms with E-state index in [9.17, 15) is 19.7 Å². The third kappa shape index (κ3) is 4.33. The van der Waals surface area contributed by atoms with Gasteiger partial charge in [0.1, 0.15) is 11.5 Å². The Kier molecular flexibility index (Phi) is 5.84. The molecule has 0 saturated carbocycles. The van der Waals surface area contributed by atoms with Crippen LogP contribution in [0.3, 0.4) is 0 Å². The lowest BCUT2D eigenvalue weighted by Crippen LogP contribution is -2.20. The van der Waals surface area contributed by atoms with Crippen LogP contribution in [-0.4, -0.2) is 33.2 Å². The largest absolute Gasteiger partial charge is 0.462 e. The molecule has 1 aliphatic carbocycles. The van der Waals surface area contributed by atoms with Crippen molar-refractivity contribution < 1.29 is 19.2 Å². The number of thiophene rings is 1. The van der Waals surface area contributed by atoms with Crippen LogP contribution in [0.25, 0.3) is 0 Å². The van der Waals surface area contributed by atoms with E-state index in [1.807, 2.05) is 0 Å². The van der Waals surface area contributed by atoms with Gasteiger partial charge in [-0.05, 0) is 43.1 Å². The first-order valence-electron chi connectivity index (χ1n) is 8.79. The molecule has 0 aromatic carbocycles. The first-order valence-corrected chi connectivity index (χ1v) is 9.60. The number of aryl methyl sites for hydroxylation is 1. The van der Waals surface area contributed by atoms with Gasteiger partial charge in [0.2, 0.25) is 5.91 Å². The average molecular weight is 392 g/mol. The third-order valence-corrected chi connectivity index (χ3v) is 5.48. The number of nitrogens with zero attached hydrogens (tertiary/aromatic N) is 3. The van der Waals surface area contributed by atoms with Crippen LogP contribution < -0.4 is 5.32 Å². The van der Waals surface area contributed by atoms with E-state index in [1.54, 1.807) is 6.92 Å². The second-order valence-corrected chi connectivity index (χ2v) is 7.27. The second kappa shape index (κ2) is 8.30. The first-order chi connectivity index (χ1) is 13.0. The smallest absolute Gasteiger partial charge is 0.389 e. The molecule has 144 valence electrons. The number of rotatable bonds is 6. The van der Waals surface area contributed by atoms with E-state index in [0.29, 0.717) is 10.6 Å². The van der Waals surface area contributed by atoms with E-state index in [4.69, 9.17) is 4.74 Å². The Bertz CT molecular complexity index is 873. The van der Waals surface area contributed by atoms with Crippen molar-refractivity contribution >= 4 is 34.0 Å². The van der Waals surface area contributed by atoms with Crippen LogP contribution in [0, 0.1) is 10.1 Å². The van der Waals surface area contributed by atoms with Gasteiger partial charge in [-0.2, -0.15) is 4.68 Å². The fourth-order valence-corrected chi connectivity index (χ4v) is 4.39. The Morgan fingerprint density at radius 2 is 2.15 bits per heavy atom. The molecule has 1 aliphatic rings. The van der Waals surface area contributed by atoms with Gasteiger partial charge in [0.05, 0.1) is 29.5 Å². The third-order valence-electron chi connectivity index (χ3n) is 4.27. The Balaban J connectivity index is 1.81. The van der Waals surface area contributed by atoms with Crippen molar-refractivity contribution in [3.05, 3.63) is 38.4 Å². The van der Waals surface area contributed by atoms with Crippen LogP contribution in [0.4, 0.5) is 10.8 Å². The predicted molar refractivity (Wildman–Crippen MR) is 99.0 cm³/mol. The molecule has 0 radical (unpaired) electrons. The quantitative estimate of drug-likeness (QED) is 0.350. The standard InChI is InChI=1S/C17H20N4O5S/c1-2-26-17(23)15-11-6-4-3-5-7-12(11)27-16(15)18-14(22)10-20-9-8-13(19-20)21(24)25/h8-9H,2-7,10H2,1H3,(H,18,22). The summed E-state index contributed by atoms with van der Waals surface area (Å²) in [5.74, 6) is -1.16. The molecule has 0 saturated heterocycles. The van der Waals surface area contributed by atoms with Gasteiger partial charge in [0.25, 0.3) is 0 Å². The Morgan fingerprint density at radius 1 is 1.37 bits per heavy atom. The van der Waals surface area contributed by atoms with Crippen LogP contribution in [0.15, 0.2) is 12.3 Å². The maximum atomic E-state index is 12.5. The summed E-state index contributed by atoms with van der Waals surface area (Å²) in [6.07, 6.45) is 6.21. The highest BCUT2D eigenvalue weighted by molar-refractivity contribution is 7.17. The van der Waals surface area contributed by atoms with Crippen molar-refractivity contribution in [2.75, 3.05) is 11.9 Å². The van der Waals surface area contributed by atoms with Crippen molar-refractivity contribution in [3.8, 4) is 0 Å². The normalized spacial score (nSPS) is 13.5. The van der Waals surface area contributed by atoms with Crippen LogP contribution in [0.5, 0.6) is 0 Å². The lowest BCUT2D eigenvalue weighted by atomic mass is 10.1. The number of carbonyl (C=O) groups excluding carboxylic acids is 2. The zero-order valence-corrected chi connectivity index (χ0v) is 15.7. The number of aromatic nitrogens is 2. The lowest BCUT2D eigenvalue weighted by molar-refractivity contribution is -0.389. The zero-order chi connectivity index (χ0) is 19.4. The number of nitro groups is 1. The lowest BCUT2D eigenvalue weighted by Gasteiger charge is -2.08. The van der Waals surface area contributed by atoms with Gasteiger partial charge in [-0.15, -0.1) is 11.3 Å². The topological polar surface area (TPSA) is 116 Å². The molecule has 10 heteroatoms. The van der Waals surface area contributed by atoms with E-state index < -0.39 is 16.8 Å². The minimum absolute atomic E-state index is 0.182. The fourth-order valence-electron chi connectivity index (χ4n) is 3.10. The van der Waals surface area contributed by atoms with Crippen molar-refractivity contribution in [1.29, 1.82) is 0 Å². The van der Waals surface area contributed by atoms with E-state index in [-0.39, 0.29) is 19.0 Å². The molecule has 2 aromatic rings. The highest BCUT2D eigenvalue weighted by Gasteiger charge is 2.27. The van der Waals surface area contributed by atoms with Gasteiger partial charge in [0, 0.05) is 4.88 Å². The molecule has 1 amide bonds. The fraction of sp³-hybridized carbons (Fsp3) is 0.471. The van der Waals surface area contributed by atoms with Gasteiger partial charge in [-0.3, -0.25) is 4.79 Å². The van der Waals surface area contributed by atoms with E-state index >= 15 is 0 Å². The highest BCUT2D eigenvalue weighted by atomic mass is 32.1. The summed E-state index contributed by atoms with van der Waals surface area (Å²) in [6.45, 7) is 1.82. The molecule has 0 spiro atoms. The Labute approximate surface area is 159 Å². The van der Waals surface area contributed by atoms with E-state index in [0.717, 1.165) is 42.5 Å². The van der Waals surface area contributed by atoms with Gasteiger partial charge >= 0.3 is 11.8 Å². The maximum Gasteiger partial charge on any atom is 0.389 e. The SMILES string of the molecule is CCOC(=O)c1c(NC(=O)Cn2ccc([N+](=O)[O-])n2)sc2c1CCCCC2. The second-order valence-electron chi connectivity index (χ2n) is 6.17. The maximum absolute atomic E-state index is 12.5. The summed E-state index contributed by atoms with van der Waals surface area (Å²) in [5.41, 5.74) is 1.42. The average Bonchev–Trinajstić information content (AvgIpc) is 3.13. The number of amides is 1. The number of anilines is 1. The van der Waals surface area contributed by atoms with Gasteiger partial charge in [-0.1, -0.05) is 6.42 Å². The van der Waals surface area contributed by atoms with Crippen molar-refractivity contribution in [2.45, 2.75) is 45.6 Å². The molecule has 3 rings (SSSR count).